The summed E-state index contributed by atoms with van der Waals surface area (Å²) < 4.78 is 6.37. The first kappa shape index (κ1) is 28.2. The van der Waals surface area contributed by atoms with Gasteiger partial charge in [-0.1, -0.05) is 51.8 Å². The molecule has 1 amide bonds. The van der Waals surface area contributed by atoms with Crippen LogP contribution in [-0.2, 0) is 9.53 Å². The molecule has 0 saturated heterocycles. The second-order valence-electron chi connectivity index (χ2n) is 7.61. The predicted octanol–water partition coefficient (Wildman–Crippen LogP) is 5.57. The van der Waals surface area contributed by atoms with E-state index in [1.807, 2.05) is 54.8 Å². The van der Waals surface area contributed by atoms with E-state index in [4.69, 9.17) is 4.74 Å². The van der Waals surface area contributed by atoms with E-state index in [1.54, 1.807) is 11.3 Å². The third-order valence-electron chi connectivity index (χ3n) is 4.85. The zero-order valence-corrected chi connectivity index (χ0v) is 19.9. The number of thiophene rings is 1. The average Bonchev–Trinajstić information content (AvgIpc) is 3.27. The van der Waals surface area contributed by atoms with Gasteiger partial charge >= 0.3 is 0 Å². The van der Waals surface area contributed by atoms with Gasteiger partial charge in [-0.3, -0.25) is 4.79 Å². The Labute approximate surface area is 202 Å². The minimum Gasteiger partial charge on any atom is -0.412 e. The van der Waals surface area contributed by atoms with Crippen molar-refractivity contribution in [1.29, 1.82) is 0 Å². The van der Waals surface area contributed by atoms with E-state index in [0.717, 1.165) is 27.4 Å². The first-order chi connectivity index (χ1) is 15.1. The molecule has 3 heterocycles. The molecule has 0 fully saturated rings. The lowest BCUT2D eigenvalue weighted by Gasteiger charge is -2.33. The summed E-state index contributed by atoms with van der Waals surface area (Å²) in [7, 11) is 0. The van der Waals surface area contributed by atoms with Crippen molar-refractivity contribution in [2.75, 3.05) is 11.9 Å². The van der Waals surface area contributed by atoms with E-state index in [1.165, 1.54) is 6.42 Å². The molecule has 4 rings (SSSR count). The summed E-state index contributed by atoms with van der Waals surface area (Å²) in [5.74, 6) is 5.63. The molecule has 3 unspecified atom stereocenters. The van der Waals surface area contributed by atoms with Crippen molar-refractivity contribution in [1.82, 2.24) is 5.32 Å². The zero-order chi connectivity index (χ0) is 22.2. The highest BCUT2D eigenvalue weighted by molar-refractivity contribution is 7.10. The topological polar surface area (TPSA) is 81.9 Å². The number of fused-ring (bicyclic) bond motifs is 1. The predicted molar refractivity (Wildman–Crippen MR) is 140 cm³/mol. The van der Waals surface area contributed by atoms with Crippen molar-refractivity contribution in [3.8, 4) is 11.8 Å². The molecule has 33 heavy (non-hydrogen) atoms. The molecule has 2 aromatic rings. The standard InChI is InChI=1S/C23H22N2O2S.C3H8.CH4.H2O/c1-3-6-16-10-11-19-18(13-16)22(27-14-17-8-4-7-15(2)24-17)21(23(26)25-19)20-9-5-12-28-20;1-3-2;;/h4-5,7-13,15,21-22,24H,14H2,1-2H3,(H,25,26);3H2,1-2H3;1H4;1H2. The molecule has 4 N–H and O–H groups in total. The molecule has 5 nitrogen and oxygen atoms in total. The summed E-state index contributed by atoms with van der Waals surface area (Å²) >= 11 is 1.58. The lowest BCUT2D eigenvalue weighted by molar-refractivity contribution is -0.121. The second-order valence-corrected chi connectivity index (χ2v) is 8.59. The number of allylic oxidation sites excluding steroid dienone is 2. The van der Waals surface area contributed by atoms with Gasteiger partial charge in [0.2, 0.25) is 5.91 Å². The van der Waals surface area contributed by atoms with E-state index in [0.29, 0.717) is 6.61 Å². The maximum atomic E-state index is 12.9. The van der Waals surface area contributed by atoms with Crippen molar-refractivity contribution in [3.63, 3.8) is 0 Å². The summed E-state index contributed by atoms with van der Waals surface area (Å²) in [6, 6.07) is 10.1. The van der Waals surface area contributed by atoms with Crippen molar-refractivity contribution < 1.29 is 15.0 Å². The van der Waals surface area contributed by atoms with Gasteiger partial charge in [0.25, 0.3) is 0 Å². The number of anilines is 1. The lowest BCUT2D eigenvalue weighted by atomic mass is 9.87. The van der Waals surface area contributed by atoms with Gasteiger partial charge < -0.3 is 20.8 Å². The number of rotatable bonds is 4. The minimum atomic E-state index is -0.380. The Balaban J connectivity index is 0.00000103. The molecule has 0 bridgehead atoms. The highest BCUT2D eigenvalue weighted by Gasteiger charge is 2.38. The van der Waals surface area contributed by atoms with Gasteiger partial charge in [-0.2, -0.15) is 0 Å². The molecule has 0 saturated carbocycles. The number of ether oxygens (including phenoxy) is 1. The summed E-state index contributed by atoms with van der Waals surface area (Å²) in [6.07, 6.45) is 7.03. The van der Waals surface area contributed by atoms with Gasteiger partial charge in [0.15, 0.2) is 0 Å². The number of carbonyl (C=O) groups excluding carboxylic acids is 1. The molecule has 2 aliphatic rings. The lowest BCUT2D eigenvalue weighted by Crippen LogP contribution is -2.34. The third-order valence-corrected chi connectivity index (χ3v) is 5.80. The van der Waals surface area contributed by atoms with Gasteiger partial charge in [-0.15, -0.1) is 17.3 Å². The maximum absolute atomic E-state index is 12.9. The molecule has 1 aromatic heterocycles. The van der Waals surface area contributed by atoms with Gasteiger partial charge in [-0.25, -0.2) is 0 Å². The van der Waals surface area contributed by atoms with Crippen molar-refractivity contribution in [2.45, 2.75) is 59.6 Å². The Morgan fingerprint density at radius 2 is 1.97 bits per heavy atom. The molecule has 178 valence electrons. The molecule has 2 aliphatic heterocycles. The first-order valence-electron chi connectivity index (χ1n) is 10.7. The number of amides is 1. The Morgan fingerprint density at radius 1 is 1.21 bits per heavy atom. The number of carbonyl (C=O) groups is 1. The maximum Gasteiger partial charge on any atom is 0.235 e. The van der Waals surface area contributed by atoms with Crippen LogP contribution in [-0.4, -0.2) is 24.0 Å². The molecule has 0 spiro atoms. The summed E-state index contributed by atoms with van der Waals surface area (Å²) in [4.78, 5) is 13.9. The Bertz CT molecular complexity index is 1020. The monoisotopic (exact) mass is 468 g/mol. The molecule has 3 atom stereocenters. The van der Waals surface area contributed by atoms with E-state index in [-0.39, 0.29) is 36.9 Å². The highest BCUT2D eigenvalue weighted by atomic mass is 32.1. The quantitative estimate of drug-likeness (QED) is 0.575. The van der Waals surface area contributed by atoms with Gasteiger partial charge in [0.1, 0.15) is 12.0 Å². The van der Waals surface area contributed by atoms with E-state index in [9.17, 15) is 4.79 Å². The number of benzene rings is 1. The van der Waals surface area contributed by atoms with Crippen molar-refractivity contribution >= 4 is 22.9 Å². The SMILES string of the molecule is C.CC#Cc1ccc2c(c1)C(OCC1=CC=CC(C)N1)C(c1cccs1)C(=O)N2.CCC.O. The third kappa shape index (κ3) is 7.06. The number of hydrogen-bond donors (Lipinski definition) is 2. The molecular weight excluding hydrogens is 432 g/mol. The van der Waals surface area contributed by atoms with Crippen LogP contribution in [0.25, 0.3) is 0 Å². The van der Waals surface area contributed by atoms with Crippen LogP contribution >= 0.6 is 11.3 Å². The summed E-state index contributed by atoms with van der Waals surface area (Å²) in [6.45, 7) is 8.58. The molecule has 1 aromatic carbocycles. The Hall–Kier alpha value is -2.85. The van der Waals surface area contributed by atoms with E-state index in [2.05, 4.69) is 49.3 Å². The number of hydrogen-bond acceptors (Lipinski definition) is 4. The zero-order valence-electron chi connectivity index (χ0n) is 19.1. The Kier molecular flexibility index (Phi) is 11.7. The van der Waals surface area contributed by atoms with Crippen molar-refractivity contribution in [2.24, 2.45) is 0 Å². The van der Waals surface area contributed by atoms with Crippen LogP contribution in [0.4, 0.5) is 5.69 Å². The number of nitrogens with one attached hydrogen (secondary N) is 2. The Morgan fingerprint density at radius 3 is 2.61 bits per heavy atom. The van der Waals surface area contributed by atoms with Crippen molar-refractivity contribution in [3.05, 3.63) is 75.6 Å². The van der Waals surface area contributed by atoms with Crippen LogP contribution in [0.3, 0.4) is 0 Å². The minimum absolute atomic E-state index is 0. The van der Waals surface area contributed by atoms with Gasteiger partial charge in [0.05, 0.1) is 6.61 Å². The fraction of sp³-hybridized carbons (Fsp3) is 0.370. The second kappa shape index (κ2) is 13.6. The van der Waals surface area contributed by atoms with Crippen LogP contribution < -0.4 is 10.6 Å². The van der Waals surface area contributed by atoms with E-state index < -0.39 is 0 Å². The smallest absolute Gasteiger partial charge is 0.235 e. The molecule has 6 heteroatoms. The molecular formula is C27H36N2O3S. The molecule has 0 aliphatic carbocycles. The fourth-order valence-electron chi connectivity index (χ4n) is 3.59. The summed E-state index contributed by atoms with van der Waals surface area (Å²) in [5, 5.41) is 8.43. The average molecular weight is 469 g/mol. The summed E-state index contributed by atoms with van der Waals surface area (Å²) in [5.41, 5.74) is 3.70. The van der Waals surface area contributed by atoms with Gasteiger partial charge in [0, 0.05) is 33.4 Å². The van der Waals surface area contributed by atoms with Crippen LogP contribution in [0.5, 0.6) is 0 Å². The number of dihydropyridines is 1. The van der Waals surface area contributed by atoms with Crippen LogP contribution in [0.1, 0.15) is 69.6 Å². The van der Waals surface area contributed by atoms with Crippen LogP contribution in [0.15, 0.2) is 59.6 Å². The van der Waals surface area contributed by atoms with Crippen LogP contribution in [0, 0.1) is 11.8 Å². The largest absolute Gasteiger partial charge is 0.412 e. The highest BCUT2D eigenvalue weighted by Crippen LogP contribution is 2.44. The van der Waals surface area contributed by atoms with Gasteiger partial charge in [-0.05, 0) is 49.6 Å². The fourth-order valence-corrected chi connectivity index (χ4v) is 4.44. The van der Waals surface area contributed by atoms with Crippen LogP contribution in [0.2, 0.25) is 0 Å². The normalized spacial score (nSPS) is 20.1. The molecule has 0 radical (unpaired) electrons. The first-order valence-corrected chi connectivity index (χ1v) is 11.6. The van der Waals surface area contributed by atoms with E-state index >= 15 is 0 Å².